The van der Waals surface area contributed by atoms with E-state index in [1.54, 1.807) is 18.2 Å². The molecule has 0 aliphatic rings. The van der Waals surface area contributed by atoms with Crippen molar-refractivity contribution < 1.29 is 22.7 Å². The molecule has 4 aromatic rings. The first kappa shape index (κ1) is 27.5. The summed E-state index contributed by atoms with van der Waals surface area (Å²) in [4.78, 5) is 12.9. The fraction of sp³-hybridized carbons (Fsp3) is 0.276. The van der Waals surface area contributed by atoms with E-state index in [2.05, 4.69) is 10.1 Å². The molecule has 1 heterocycles. The van der Waals surface area contributed by atoms with Crippen molar-refractivity contribution in [3.05, 3.63) is 89.1 Å². The highest BCUT2D eigenvalue weighted by atomic mass is 35.5. The van der Waals surface area contributed by atoms with E-state index < -0.39 is 6.36 Å². The lowest BCUT2D eigenvalue weighted by atomic mass is 10.0. The van der Waals surface area contributed by atoms with Crippen LogP contribution in [0.15, 0.2) is 72.9 Å². The lowest BCUT2D eigenvalue weighted by molar-refractivity contribution is -0.274. The molecule has 0 atom stereocenters. The molecule has 1 aromatic heterocycles. The van der Waals surface area contributed by atoms with E-state index in [1.807, 2.05) is 47.2 Å². The number of aromatic nitrogens is 1. The van der Waals surface area contributed by atoms with Crippen LogP contribution in [0, 0.1) is 0 Å². The second-order valence-corrected chi connectivity index (χ2v) is 9.39. The molecule has 9 heteroatoms. The Labute approximate surface area is 224 Å². The highest BCUT2D eigenvalue weighted by Crippen LogP contribution is 2.33. The van der Waals surface area contributed by atoms with Gasteiger partial charge in [0.1, 0.15) is 5.75 Å². The predicted molar refractivity (Wildman–Crippen MR) is 144 cm³/mol. The van der Waals surface area contributed by atoms with Crippen molar-refractivity contribution in [1.82, 2.24) is 9.88 Å². The Bertz CT molecular complexity index is 1380. The van der Waals surface area contributed by atoms with Crippen LogP contribution in [0.4, 0.5) is 13.2 Å². The van der Waals surface area contributed by atoms with Crippen LogP contribution < -0.4 is 15.8 Å². The van der Waals surface area contributed by atoms with Gasteiger partial charge in [-0.15, -0.1) is 13.2 Å². The van der Waals surface area contributed by atoms with Gasteiger partial charge in [0.05, 0.1) is 0 Å². The zero-order valence-corrected chi connectivity index (χ0v) is 21.5. The Kier molecular flexibility index (Phi) is 8.97. The third kappa shape index (κ3) is 7.08. The van der Waals surface area contributed by atoms with Crippen molar-refractivity contribution in [2.45, 2.75) is 38.6 Å². The minimum Gasteiger partial charge on any atom is -0.406 e. The van der Waals surface area contributed by atoms with E-state index in [-0.39, 0.29) is 11.7 Å². The highest BCUT2D eigenvalue weighted by Gasteiger charge is 2.31. The number of hydrogen-bond acceptors (Lipinski definition) is 3. The van der Waals surface area contributed by atoms with Gasteiger partial charge in [-0.2, -0.15) is 0 Å². The normalized spacial score (nSPS) is 11.6. The summed E-state index contributed by atoms with van der Waals surface area (Å²) in [7, 11) is 0. The van der Waals surface area contributed by atoms with Gasteiger partial charge in [0.25, 0.3) is 5.91 Å². The molecule has 0 fully saturated rings. The number of benzene rings is 3. The van der Waals surface area contributed by atoms with Crippen LogP contribution in [-0.2, 0) is 13.0 Å². The number of ether oxygens (including phenoxy) is 1. The molecule has 38 heavy (non-hydrogen) atoms. The van der Waals surface area contributed by atoms with Crippen molar-refractivity contribution in [1.29, 1.82) is 0 Å². The molecule has 1 amide bonds. The largest absolute Gasteiger partial charge is 0.573 e. The number of nitrogens with two attached hydrogens (primary N) is 1. The SMILES string of the molecule is NCCCn1cc(-c2ccc(OC(F)(F)F)cc2)c2cc(C(=O)NCCCCc3ccccc3Cl)ccc21. The number of aryl methyl sites for hydroxylation is 2. The number of halogens is 4. The maximum atomic E-state index is 12.9. The van der Waals surface area contributed by atoms with Crippen LogP contribution in [-0.4, -0.2) is 29.9 Å². The summed E-state index contributed by atoms with van der Waals surface area (Å²) in [5.74, 6) is -0.470. The van der Waals surface area contributed by atoms with Crippen molar-refractivity contribution >= 4 is 28.4 Å². The Hall–Kier alpha value is -3.49. The Morgan fingerprint density at radius 2 is 1.76 bits per heavy atom. The minimum atomic E-state index is -4.75. The van der Waals surface area contributed by atoms with Gasteiger partial charge in [0.2, 0.25) is 0 Å². The number of hydrogen-bond donors (Lipinski definition) is 2. The van der Waals surface area contributed by atoms with Gasteiger partial charge in [-0.25, -0.2) is 0 Å². The molecule has 0 saturated heterocycles. The zero-order chi connectivity index (χ0) is 27.1. The molecule has 0 unspecified atom stereocenters. The molecule has 200 valence electrons. The van der Waals surface area contributed by atoms with Crippen LogP contribution >= 0.6 is 11.6 Å². The van der Waals surface area contributed by atoms with E-state index in [0.29, 0.717) is 30.8 Å². The van der Waals surface area contributed by atoms with Crippen molar-refractivity contribution in [3.63, 3.8) is 0 Å². The molecule has 3 N–H and O–H groups in total. The van der Waals surface area contributed by atoms with E-state index in [9.17, 15) is 18.0 Å². The lowest BCUT2D eigenvalue weighted by Crippen LogP contribution is -2.24. The number of fused-ring (bicyclic) bond motifs is 1. The highest BCUT2D eigenvalue weighted by molar-refractivity contribution is 6.31. The quantitative estimate of drug-likeness (QED) is 0.201. The molecule has 4 rings (SSSR count). The van der Waals surface area contributed by atoms with E-state index in [1.165, 1.54) is 12.1 Å². The van der Waals surface area contributed by atoms with E-state index in [0.717, 1.165) is 52.7 Å². The average Bonchev–Trinajstić information content (AvgIpc) is 3.25. The van der Waals surface area contributed by atoms with Crippen molar-refractivity contribution in [2.75, 3.05) is 13.1 Å². The van der Waals surface area contributed by atoms with Gasteiger partial charge >= 0.3 is 6.36 Å². The van der Waals surface area contributed by atoms with Crippen LogP contribution in [0.1, 0.15) is 35.2 Å². The van der Waals surface area contributed by atoms with Gasteiger partial charge in [-0.3, -0.25) is 4.79 Å². The maximum absolute atomic E-state index is 12.9. The average molecular weight is 544 g/mol. The number of carbonyl (C=O) groups excluding carboxylic acids is 1. The Morgan fingerprint density at radius 1 is 1.00 bits per heavy atom. The lowest BCUT2D eigenvalue weighted by Gasteiger charge is -2.09. The molecule has 0 radical (unpaired) electrons. The summed E-state index contributed by atoms with van der Waals surface area (Å²) in [6, 6.07) is 19.0. The summed E-state index contributed by atoms with van der Waals surface area (Å²) in [6.45, 7) is 1.74. The molecular weight excluding hydrogens is 515 g/mol. The second kappa shape index (κ2) is 12.4. The number of amides is 1. The molecule has 0 saturated carbocycles. The number of rotatable bonds is 11. The number of nitrogens with one attached hydrogen (secondary N) is 1. The van der Waals surface area contributed by atoms with Gasteiger partial charge in [0, 0.05) is 46.3 Å². The third-order valence-electron chi connectivity index (χ3n) is 6.26. The van der Waals surface area contributed by atoms with Crippen LogP contribution in [0.2, 0.25) is 5.02 Å². The first-order valence-electron chi connectivity index (χ1n) is 12.5. The Morgan fingerprint density at radius 3 is 2.47 bits per heavy atom. The summed E-state index contributed by atoms with van der Waals surface area (Å²) in [5.41, 5.74) is 9.75. The summed E-state index contributed by atoms with van der Waals surface area (Å²) >= 11 is 6.21. The first-order valence-corrected chi connectivity index (χ1v) is 12.8. The molecule has 0 aliphatic heterocycles. The topological polar surface area (TPSA) is 69.3 Å². The van der Waals surface area contributed by atoms with Gasteiger partial charge < -0.3 is 20.4 Å². The van der Waals surface area contributed by atoms with E-state index >= 15 is 0 Å². The van der Waals surface area contributed by atoms with Gasteiger partial charge in [0.15, 0.2) is 0 Å². The fourth-order valence-corrected chi connectivity index (χ4v) is 4.63. The second-order valence-electron chi connectivity index (χ2n) is 8.99. The van der Waals surface area contributed by atoms with E-state index in [4.69, 9.17) is 17.3 Å². The molecule has 3 aromatic carbocycles. The van der Waals surface area contributed by atoms with Gasteiger partial charge in [-0.05, 0) is 79.8 Å². The summed E-state index contributed by atoms with van der Waals surface area (Å²) in [6.07, 6.45) is 0.496. The molecule has 5 nitrogen and oxygen atoms in total. The molecule has 0 bridgehead atoms. The number of nitrogens with zero attached hydrogens (tertiary/aromatic N) is 1. The van der Waals surface area contributed by atoms with Crippen LogP contribution in [0.5, 0.6) is 5.75 Å². The molecule has 0 spiro atoms. The van der Waals surface area contributed by atoms with Crippen LogP contribution in [0.25, 0.3) is 22.0 Å². The maximum Gasteiger partial charge on any atom is 0.573 e. The number of carbonyl (C=O) groups is 1. The summed E-state index contributed by atoms with van der Waals surface area (Å²) in [5, 5.41) is 4.56. The zero-order valence-electron chi connectivity index (χ0n) is 20.7. The standard InChI is InChI=1S/C29H29ClF3N3O2/c30-26-8-2-1-6-21(26)7-3-4-16-35-28(37)22-11-14-27-24(18-22)25(19-36(27)17-5-15-34)20-9-12-23(13-10-20)38-29(31,32)33/h1-2,6,8-14,18-19H,3-5,7,15-17,34H2,(H,35,37). The molecule has 0 aliphatic carbocycles. The fourth-order valence-electron chi connectivity index (χ4n) is 4.40. The summed E-state index contributed by atoms with van der Waals surface area (Å²) < 4.78 is 43.7. The molecular formula is C29H29ClF3N3O2. The van der Waals surface area contributed by atoms with Crippen LogP contribution in [0.3, 0.4) is 0 Å². The first-order chi connectivity index (χ1) is 18.2. The number of alkyl halides is 3. The number of unbranched alkanes of at least 4 members (excludes halogenated alkanes) is 1. The van der Waals surface area contributed by atoms with Crippen molar-refractivity contribution in [2.24, 2.45) is 5.73 Å². The monoisotopic (exact) mass is 543 g/mol. The Balaban J connectivity index is 1.48. The smallest absolute Gasteiger partial charge is 0.406 e. The predicted octanol–water partition coefficient (Wildman–Crippen LogP) is 6.96. The third-order valence-corrected chi connectivity index (χ3v) is 6.63. The minimum absolute atomic E-state index is 0.181. The van der Waals surface area contributed by atoms with Gasteiger partial charge in [-0.1, -0.05) is 41.9 Å². The van der Waals surface area contributed by atoms with Crippen molar-refractivity contribution in [3.8, 4) is 16.9 Å².